The first-order valence-corrected chi connectivity index (χ1v) is 7.41. The number of hydrogen-bond acceptors (Lipinski definition) is 4. The Morgan fingerprint density at radius 1 is 1.25 bits per heavy atom. The maximum absolute atomic E-state index is 13.7. The molecule has 1 aliphatic rings. The summed E-state index contributed by atoms with van der Waals surface area (Å²) in [7, 11) is 0. The smallest absolute Gasteiger partial charge is 0.262 e. The van der Waals surface area contributed by atoms with Crippen LogP contribution in [0.3, 0.4) is 0 Å². The first-order valence-electron chi connectivity index (χ1n) is 7.41. The van der Waals surface area contributed by atoms with Gasteiger partial charge >= 0.3 is 0 Å². The predicted molar refractivity (Wildman–Crippen MR) is 82.0 cm³/mol. The number of rotatable bonds is 3. The van der Waals surface area contributed by atoms with Crippen LogP contribution in [-0.4, -0.2) is 16.0 Å². The minimum Gasteiger partial charge on any atom is -0.507 e. The maximum Gasteiger partial charge on any atom is 0.262 e. The molecule has 0 saturated heterocycles. The Morgan fingerprint density at radius 3 is 2.75 bits per heavy atom. The van der Waals surface area contributed by atoms with E-state index in [4.69, 9.17) is 4.42 Å². The molecule has 1 amide bonds. The molecule has 1 aliphatic carbocycles. The molecule has 1 aromatic heterocycles. The summed E-state index contributed by atoms with van der Waals surface area (Å²) in [5.74, 6) is -2.70. The van der Waals surface area contributed by atoms with E-state index in [0.717, 1.165) is 12.8 Å². The van der Waals surface area contributed by atoms with Gasteiger partial charge in [-0.3, -0.25) is 4.79 Å². The maximum atomic E-state index is 13.7. The molecular formula is C17H12F2N2O3. The zero-order chi connectivity index (χ0) is 16.8. The van der Waals surface area contributed by atoms with Crippen molar-refractivity contribution in [1.29, 1.82) is 0 Å². The van der Waals surface area contributed by atoms with Crippen LogP contribution in [0.15, 0.2) is 34.7 Å². The summed E-state index contributed by atoms with van der Waals surface area (Å²) in [6.45, 7) is 0. The second-order valence-corrected chi connectivity index (χ2v) is 5.74. The molecule has 4 rings (SSSR count). The molecule has 122 valence electrons. The van der Waals surface area contributed by atoms with Gasteiger partial charge in [0.05, 0.1) is 0 Å². The topological polar surface area (TPSA) is 75.4 Å². The molecule has 0 aliphatic heterocycles. The van der Waals surface area contributed by atoms with Gasteiger partial charge in [0.1, 0.15) is 28.5 Å². The van der Waals surface area contributed by atoms with Gasteiger partial charge in [-0.05, 0) is 31.0 Å². The summed E-state index contributed by atoms with van der Waals surface area (Å²) in [5, 5.41) is 12.1. The fourth-order valence-corrected chi connectivity index (χ4v) is 2.51. The number of carbonyl (C=O) groups excluding carboxylic acids is 1. The highest BCUT2D eigenvalue weighted by Crippen LogP contribution is 2.40. The molecule has 7 heteroatoms. The van der Waals surface area contributed by atoms with Gasteiger partial charge < -0.3 is 14.8 Å². The highest BCUT2D eigenvalue weighted by Gasteiger charge is 2.29. The van der Waals surface area contributed by atoms with Gasteiger partial charge in [0.2, 0.25) is 0 Å². The Hall–Kier alpha value is -2.96. The summed E-state index contributed by atoms with van der Waals surface area (Å²) in [5.41, 5.74) is 0.936. The lowest BCUT2D eigenvalue weighted by molar-refractivity contribution is 0.102. The SMILES string of the molecule is O=C(Nc1ccc2oc(C3CC3)nc2c1)c1c(O)cc(F)cc1F. The van der Waals surface area contributed by atoms with Gasteiger partial charge in [0.25, 0.3) is 5.91 Å². The highest BCUT2D eigenvalue weighted by molar-refractivity contribution is 6.06. The molecule has 1 fully saturated rings. The lowest BCUT2D eigenvalue weighted by Gasteiger charge is -2.08. The van der Waals surface area contributed by atoms with Crippen molar-refractivity contribution < 1.29 is 23.1 Å². The van der Waals surface area contributed by atoms with Crippen LogP contribution < -0.4 is 5.32 Å². The normalized spacial score (nSPS) is 14.1. The minimum absolute atomic E-state index is 0.362. The van der Waals surface area contributed by atoms with Crippen LogP contribution in [0, 0.1) is 11.6 Å². The van der Waals surface area contributed by atoms with E-state index in [1.807, 2.05) is 0 Å². The molecule has 0 radical (unpaired) electrons. The van der Waals surface area contributed by atoms with Crippen molar-refractivity contribution in [3.05, 3.63) is 53.4 Å². The van der Waals surface area contributed by atoms with Crippen molar-refractivity contribution in [3.8, 4) is 5.75 Å². The van der Waals surface area contributed by atoms with Crippen LogP contribution in [0.1, 0.15) is 35.0 Å². The molecule has 0 spiro atoms. The summed E-state index contributed by atoms with van der Waals surface area (Å²) >= 11 is 0. The van der Waals surface area contributed by atoms with Gasteiger partial charge in [-0.1, -0.05) is 0 Å². The minimum atomic E-state index is -1.14. The Balaban J connectivity index is 1.62. The Morgan fingerprint density at radius 2 is 2.04 bits per heavy atom. The fraction of sp³-hybridized carbons (Fsp3) is 0.176. The Labute approximate surface area is 134 Å². The Bertz CT molecular complexity index is 941. The van der Waals surface area contributed by atoms with Crippen LogP contribution in [0.5, 0.6) is 5.75 Å². The van der Waals surface area contributed by atoms with E-state index in [-0.39, 0.29) is 0 Å². The lowest BCUT2D eigenvalue weighted by Crippen LogP contribution is -2.14. The van der Waals surface area contributed by atoms with Crippen LogP contribution in [0.2, 0.25) is 0 Å². The molecule has 2 N–H and O–H groups in total. The number of halogens is 2. The zero-order valence-corrected chi connectivity index (χ0v) is 12.3. The first kappa shape index (κ1) is 14.6. The monoisotopic (exact) mass is 330 g/mol. The molecule has 5 nitrogen and oxygen atoms in total. The van der Waals surface area contributed by atoms with E-state index in [9.17, 15) is 18.7 Å². The summed E-state index contributed by atoms with van der Waals surface area (Å²) < 4.78 is 32.3. The summed E-state index contributed by atoms with van der Waals surface area (Å²) in [4.78, 5) is 16.5. The van der Waals surface area contributed by atoms with Crippen LogP contribution >= 0.6 is 0 Å². The number of anilines is 1. The van der Waals surface area contributed by atoms with Gasteiger partial charge in [-0.2, -0.15) is 0 Å². The van der Waals surface area contributed by atoms with Crippen LogP contribution in [0.4, 0.5) is 14.5 Å². The lowest BCUT2D eigenvalue weighted by atomic mass is 10.1. The standard InChI is InChI=1S/C17H12F2N2O3/c18-9-5-11(19)15(13(22)6-9)16(23)20-10-3-4-14-12(7-10)21-17(24-14)8-1-2-8/h3-8,22H,1-2H2,(H,20,23). The second kappa shape index (κ2) is 5.30. The van der Waals surface area contributed by atoms with Crippen molar-refractivity contribution in [1.82, 2.24) is 4.98 Å². The Kier molecular flexibility index (Phi) is 3.23. The molecule has 3 aromatic rings. The second-order valence-electron chi connectivity index (χ2n) is 5.74. The van der Waals surface area contributed by atoms with Crippen molar-refractivity contribution in [2.75, 3.05) is 5.32 Å². The zero-order valence-electron chi connectivity index (χ0n) is 12.3. The number of aromatic nitrogens is 1. The quantitative estimate of drug-likeness (QED) is 0.763. The van der Waals surface area contributed by atoms with E-state index in [1.165, 1.54) is 0 Å². The predicted octanol–water partition coefficient (Wildman–Crippen LogP) is 3.94. The number of nitrogens with zero attached hydrogens (tertiary/aromatic N) is 1. The van der Waals surface area contributed by atoms with E-state index >= 15 is 0 Å². The van der Waals surface area contributed by atoms with Crippen molar-refractivity contribution in [2.45, 2.75) is 18.8 Å². The van der Waals surface area contributed by atoms with Crippen molar-refractivity contribution in [2.24, 2.45) is 0 Å². The first-order chi connectivity index (χ1) is 11.5. The number of nitrogens with one attached hydrogen (secondary N) is 1. The number of hydrogen-bond donors (Lipinski definition) is 2. The number of phenols is 1. The van der Waals surface area contributed by atoms with E-state index in [0.29, 0.717) is 40.7 Å². The molecule has 1 saturated carbocycles. The average Bonchev–Trinajstić information content (AvgIpc) is 3.26. The molecule has 0 atom stereocenters. The third kappa shape index (κ3) is 2.58. The molecule has 0 unspecified atom stereocenters. The molecular weight excluding hydrogens is 318 g/mol. The van der Waals surface area contributed by atoms with Crippen molar-refractivity contribution in [3.63, 3.8) is 0 Å². The van der Waals surface area contributed by atoms with E-state index in [1.54, 1.807) is 18.2 Å². The van der Waals surface area contributed by atoms with Crippen LogP contribution in [0.25, 0.3) is 11.1 Å². The average molecular weight is 330 g/mol. The fourth-order valence-electron chi connectivity index (χ4n) is 2.51. The number of carbonyl (C=O) groups is 1. The summed E-state index contributed by atoms with van der Waals surface area (Å²) in [6.07, 6.45) is 2.11. The third-order valence-electron chi connectivity index (χ3n) is 3.85. The number of phenolic OH excluding ortho intramolecular Hbond substituents is 1. The highest BCUT2D eigenvalue weighted by atomic mass is 19.1. The molecule has 1 heterocycles. The summed E-state index contributed by atoms with van der Waals surface area (Å²) in [6, 6.07) is 6.06. The number of amides is 1. The van der Waals surface area contributed by atoms with Gasteiger partial charge in [-0.25, -0.2) is 13.8 Å². The number of aromatic hydroxyl groups is 1. The number of oxazole rings is 1. The number of fused-ring (bicyclic) bond motifs is 1. The van der Waals surface area contributed by atoms with Gasteiger partial charge in [-0.15, -0.1) is 0 Å². The van der Waals surface area contributed by atoms with E-state index in [2.05, 4.69) is 10.3 Å². The molecule has 24 heavy (non-hydrogen) atoms. The van der Waals surface area contributed by atoms with Crippen molar-refractivity contribution >= 4 is 22.7 Å². The van der Waals surface area contributed by atoms with E-state index < -0.39 is 28.9 Å². The molecule has 2 aromatic carbocycles. The molecule has 0 bridgehead atoms. The largest absolute Gasteiger partial charge is 0.507 e. The van der Waals surface area contributed by atoms with Gasteiger partial charge in [0, 0.05) is 23.7 Å². The number of benzene rings is 2. The third-order valence-corrected chi connectivity index (χ3v) is 3.85. The van der Waals surface area contributed by atoms with Gasteiger partial charge in [0.15, 0.2) is 11.5 Å². The van der Waals surface area contributed by atoms with Crippen LogP contribution in [-0.2, 0) is 0 Å².